The number of aryl methyl sites for hydroxylation is 1. The maximum Gasteiger partial charge on any atom is 0.236 e. The monoisotopic (exact) mass is 485 g/mol. The van der Waals surface area contributed by atoms with Crippen molar-refractivity contribution >= 4 is 33.4 Å². The molecule has 2 amide bonds. The molecule has 0 radical (unpaired) electrons. The van der Waals surface area contributed by atoms with Gasteiger partial charge in [-0.1, -0.05) is 0 Å². The second kappa shape index (κ2) is 10.2. The first-order valence-corrected chi connectivity index (χ1v) is 13.5. The summed E-state index contributed by atoms with van der Waals surface area (Å²) in [6, 6.07) is 0.417. The van der Waals surface area contributed by atoms with E-state index in [-0.39, 0.29) is 17.9 Å². The molecule has 2 aliphatic carbocycles. The summed E-state index contributed by atoms with van der Waals surface area (Å²) in [6.07, 6.45) is 11.2. The number of aromatic nitrogens is 2. The van der Waals surface area contributed by atoms with Gasteiger partial charge in [-0.25, -0.2) is 9.97 Å². The highest BCUT2D eigenvalue weighted by Gasteiger charge is 2.32. The minimum atomic E-state index is -0.246. The lowest BCUT2D eigenvalue weighted by Crippen LogP contribution is -2.44. The number of ether oxygens (including phenoxy) is 1. The van der Waals surface area contributed by atoms with Crippen LogP contribution in [-0.4, -0.2) is 70.4 Å². The molecule has 1 saturated heterocycles. The van der Waals surface area contributed by atoms with Crippen molar-refractivity contribution in [1.82, 2.24) is 19.8 Å². The number of fused-ring (bicyclic) bond motifs is 3. The van der Waals surface area contributed by atoms with E-state index >= 15 is 0 Å². The molecule has 1 saturated carbocycles. The maximum absolute atomic E-state index is 12.5. The van der Waals surface area contributed by atoms with E-state index in [0.29, 0.717) is 30.8 Å². The van der Waals surface area contributed by atoms with Crippen LogP contribution >= 0.6 is 11.3 Å². The molecule has 3 aliphatic rings. The van der Waals surface area contributed by atoms with E-state index in [2.05, 4.69) is 21.9 Å². The average molecular weight is 486 g/mol. The van der Waals surface area contributed by atoms with Crippen LogP contribution in [0.3, 0.4) is 0 Å². The minimum Gasteiger partial charge on any atom is -0.474 e. The highest BCUT2D eigenvalue weighted by atomic mass is 32.1. The van der Waals surface area contributed by atoms with Crippen LogP contribution in [0, 0.1) is 0 Å². The number of carbonyl (C=O) groups excluding carboxylic acids is 2. The molecule has 1 atom stereocenters. The Bertz CT molecular complexity index is 1040. The van der Waals surface area contributed by atoms with Gasteiger partial charge in [0.05, 0.1) is 11.9 Å². The first-order chi connectivity index (χ1) is 16.5. The van der Waals surface area contributed by atoms with Gasteiger partial charge in [0.15, 0.2) is 0 Å². The molecule has 34 heavy (non-hydrogen) atoms. The number of nitrogens with two attached hydrogens (primary N) is 1. The van der Waals surface area contributed by atoms with Crippen molar-refractivity contribution in [1.29, 1.82) is 0 Å². The van der Waals surface area contributed by atoms with Crippen LogP contribution in [0.2, 0.25) is 0 Å². The van der Waals surface area contributed by atoms with Gasteiger partial charge in [-0.2, -0.15) is 0 Å². The number of rotatable bonds is 8. The van der Waals surface area contributed by atoms with E-state index in [0.717, 1.165) is 81.1 Å². The van der Waals surface area contributed by atoms with Crippen molar-refractivity contribution in [2.75, 3.05) is 26.7 Å². The second-order valence-electron chi connectivity index (χ2n) is 10.1. The molecule has 0 unspecified atom stereocenters. The number of likely N-dealkylation sites (N-methyl/N-ethyl adjacent to an activating group) is 1. The third-order valence-corrected chi connectivity index (χ3v) is 9.00. The van der Waals surface area contributed by atoms with E-state index in [1.807, 2.05) is 4.90 Å². The van der Waals surface area contributed by atoms with Crippen LogP contribution in [0.1, 0.15) is 74.1 Å². The van der Waals surface area contributed by atoms with Crippen LogP contribution in [0.5, 0.6) is 5.88 Å². The number of thiophene rings is 1. The van der Waals surface area contributed by atoms with Crippen molar-refractivity contribution in [3.8, 4) is 5.88 Å². The maximum atomic E-state index is 12.5. The van der Waals surface area contributed by atoms with Crippen LogP contribution < -0.4 is 10.5 Å². The summed E-state index contributed by atoms with van der Waals surface area (Å²) in [5, 5.41) is 1.05. The van der Waals surface area contributed by atoms with Crippen LogP contribution in [-0.2, 0) is 16.0 Å². The Kier molecular flexibility index (Phi) is 7.01. The van der Waals surface area contributed by atoms with Crippen molar-refractivity contribution in [3.63, 3.8) is 0 Å². The molecule has 0 bridgehead atoms. The van der Waals surface area contributed by atoms with Gasteiger partial charge in [0.25, 0.3) is 0 Å². The normalized spacial score (nSPS) is 24.6. The Hall–Kier alpha value is -2.26. The molecule has 2 N–H and O–H groups in total. The minimum absolute atomic E-state index is 0.123. The summed E-state index contributed by atoms with van der Waals surface area (Å²) in [4.78, 5) is 39.5. The number of likely N-dealkylation sites (tertiary alicyclic amines) is 1. The molecule has 1 aliphatic heterocycles. The Balaban J connectivity index is 1.22. The van der Waals surface area contributed by atoms with Crippen molar-refractivity contribution in [2.24, 2.45) is 5.73 Å². The van der Waals surface area contributed by atoms with Gasteiger partial charge in [0, 0.05) is 30.4 Å². The average Bonchev–Trinajstić information content (AvgIpc) is 3.56. The fourth-order valence-corrected chi connectivity index (χ4v) is 7.14. The zero-order valence-corrected chi connectivity index (χ0v) is 20.8. The summed E-state index contributed by atoms with van der Waals surface area (Å²) >= 11 is 1.73. The number of hydrogen-bond acceptors (Lipinski definition) is 7. The zero-order chi connectivity index (χ0) is 23.7. The van der Waals surface area contributed by atoms with E-state index in [9.17, 15) is 9.59 Å². The zero-order valence-electron chi connectivity index (χ0n) is 20.0. The third kappa shape index (κ3) is 4.91. The standard InChI is InChI=1S/C25H35N5O3S/c1-29(14-21(32)30-12-2-3-13-30)17-6-8-18(9-7-17)33-24-23-22-16(5-11-20(26)31)4-10-19(22)34-25(23)28-15-27-24/h15-18H,2-14H2,1H3,(H2,26,31)/t16-,17-,18-/m1/s1. The van der Waals surface area contributed by atoms with Crippen molar-refractivity contribution in [3.05, 3.63) is 16.8 Å². The van der Waals surface area contributed by atoms with E-state index in [1.165, 1.54) is 10.4 Å². The first kappa shape index (κ1) is 23.5. The summed E-state index contributed by atoms with van der Waals surface area (Å²) in [6.45, 7) is 2.34. The fourth-order valence-electron chi connectivity index (χ4n) is 5.91. The first-order valence-electron chi connectivity index (χ1n) is 12.7. The molecule has 184 valence electrons. The number of carbonyl (C=O) groups is 2. The summed E-state index contributed by atoms with van der Waals surface area (Å²) in [5.41, 5.74) is 6.70. The van der Waals surface area contributed by atoms with E-state index in [4.69, 9.17) is 10.5 Å². The topological polar surface area (TPSA) is 102 Å². The summed E-state index contributed by atoms with van der Waals surface area (Å²) in [5.74, 6) is 1.03. The number of hydrogen-bond donors (Lipinski definition) is 1. The van der Waals surface area contributed by atoms with E-state index < -0.39 is 0 Å². The van der Waals surface area contributed by atoms with Gasteiger partial charge >= 0.3 is 0 Å². The fraction of sp³-hybridized carbons (Fsp3) is 0.680. The lowest BCUT2D eigenvalue weighted by molar-refractivity contribution is -0.131. The molecule has 0 aromatic carbocycles. The second-order valence-corrected chi connectivity index (χ2v) is 11.2. The SMILES string of the molecule is CN(CC(=O)N1CCCC1)[C@H]1CC[C@H](Oc2ncnc3sc4c(c23)[C@@H](CCC(N)=O)CC4)CC1. The van der Waals surface area contributed by atoms with Crippen molar-refractivity contribution in [2.45, 2.75) is 82.3 Å². The van der Waals surface area contributed by atoms with Gasteiger partial charge in [-0.3, -0.25) is 14.5 Å². The quantitative estimate of drug-likeness (QED) is 0.616. The molecular weight excluding hydrogens is 450 g/mol. The van der Waals surface area contributed by atoms with Crippen LogP contribution in [0.25, 0.3) is 10.2 Å². The summed E-state index contributed by atoms with van der Waals surface area (Å²) < 4.78 is 6.49. The lowest BCUT2D eigenvalue weighted by Gasteiger charge is -2.35. The third-order valence-electron chi connectivity index (χ3n) is 7.82. The molecule has 8 nitrogen and oxygen atoms in total. The molecule has 2 aromatic heterocycles. The van der Waals surface area contributed by atoms with Gasteiger partial charge < -0.3 is 15.4 Å². The predicted octanol–water partition coefficient (Wildman–Crippen LogP) is 3.23. The molecule has 2 aromatic rings. The Labute approximate surface area is 204 Å². The molecule has 2 fully saturated rings. The number of amides is 2. The predicted molar refractivity (Wildman–Crippen MR) is 132 cm³/mol. The largest absolute Gasteiger partial charge is 0.474 e. The Morgan fingerprint density at radius 2 is 1.94 bits per heavy atom. The molecule has 0 spiro atoms. The van der Waals surface area contributed by atoms with Gasteiger partial charge in [0.1, 0.15) is 17.3 Å². The smallest absolute Gasteiger partial charge is 0.236 e. The highest BCUT2D eigenvalue weighted by molar-refractivity contribution is 7.19. The molecular formula is C25H35N5O3S. The lowest BCUT2D eigenvalue weighted by atomic mass is 9.92. The van der Waals surface area contributed by atoms with Gasteiger partial charge in [0.2, 0.25) is 17.7 Å². The summed E-state index contributed by atoms with van der Waals surface area (Å²) in [7, 11) is 2.08. The molecule has 9 heteroatoms. The van der Waals surface area contributed by atoms with Crippen LogP contribution in [0.4, 0.5) is 0 Å². The molecule has 5 rings (SSSR count). The van der Waals surface area contributed by atoms with Gasteiger partial charge in [-0.05, 0) is 76.3 Å². The van der Waals surface area contributed by atoms with Crippen molar-refractivity contribution < 1.29 is 14.3 Å². The van der Waals surface area contributed by atoms with Gasteiger partial charge in [-0.15, -0.1) is 11.3 Å². The molecule has 3 heterocycles. The number of nitrogens with zero attached hydrogens (tertiary/aromatic N) is 4. The Morgan fingerprint density at radius 3 is 2.68 bits per heavy atom. The Morgan fingerprint density at radius 1 is 1.18 bits per heavy atom. The highest BCUT2D eigenvalue weighted by Crippen LogP contribution is 2.47. The van der Waals surface area contributed by atoms with Crippen LogP contribution in [0.15, 0.2) is 6.33 Å². The van der Waals surface area contributed by atoms with E-state index in [1.54, 1.807) is 17.7 Å². The number of primary amides is 1.